The van der Waals surface area contributed by atoms with Gasteiger partial charge in [-0.25, -0.2) is 0 Å². The van der Waals surface area contributed by atoms with Crippen molar-refractivity contribution in [3.63, 3.8) is 0 Å². The fourth-order valence-electron chi connectivity index (χ4n) is 5.11. The van der Waals surface area contributed by atoms with E-state index in [1.165, 1.54) is 0 Å². The molecule has 0 saturated heterocycles. The number of ketones is 1. The standard InChI is InChI=1S/C29H27ClN2O3/c1-3-27(34)32-25-7-5-4-6-23(25)31-24-16-20(18-8-12-21(30)13-9-18)17-26(33)28(24)29(32)19-10-14-22(35-2)15-11-19/h4-15,20,29,31H,3,16-17H2,1-2H3/t20-,29+/m1/s1. The van der Waals surface area contributed by atoms with Gasteiger partial charge < -0.3 is 10.1 Å². The van der Waals surface area contributed by atoms with Crippen molar-refractivity contribution < 1.29 is 14.3 Å². The predicted molar refractivity (Wildman–Crippen MR) is 139 cm³/mol. The Kier molecular flexibility index (Phi) is 6.35. The zero-order chi connectivity index (χ0) is 24.5. The maximum absolute atomic E-state index is 13.9. The number of halogens is 1. The van der Waals surface area contributed by atoms with Crippen molar-refractivity contribution in [1.29, 1.82) is 0 Å². The molecule has 5 rings (SSSR count). The zero-order valence-corrected chi connectivity index (χ0v) is 20.5. The minimum absolute atomic E-state index is 0.0307. The van der Waals surface area contributed by atoms with E-state index < -0.39 is 6.04 Å². The van der Waals surface area contributed by atoms with Gasteiger partial charge in [0.05, 0.1) is 24.5 Å². The number of benzene rings is 3. The van der Waals surface area contributed by atoms with E-state index in [-0.39, 0.29) is 17.6 Å². The fraction of sp³-hybridized carbons (Fsp3) is 0.241. The summed E-state index contributed by atoms with van der Waals surface area (Å²) in [4.78, 5) is 29.1. The third-order valence-electron chi connectivity index (χ3n) is 6.83. The van der Waals surface area contributed by atoms with Gasteiger partial charge in [-0.05, 0) is 59.9 Å². The van der Waals surface area contributed by atoms with Gasteiger partial charge in [0.25, 0.3) is 0 Å². The number of rotatable bonds is 4. The summed E-state index contributed by atoms with van der Waals surface area (Å²) < 4.78 is 5.35. The van der Waals surface area contributed by atoms with E-state index in [0.29, 0.717) is 29.9 Å². The quantitative estimate of drug-likeness (QED) is 0.448. The summed E-state index contributed by atoms with van der Waals surface area (Å²) in [6.07, 6.45) is 1.36. The Labute approximate surface area is 210 Å². The molecular weight excluding hydrogens is 460 g/mol. The highest BCUT2D eigenvalue weighted by atomic mass is 35.5. The van der Waals surface area contributed by atoms with E-state index in [9.17, 15) is 9.59 Å². The number of methoxy groups -OCH3 is 1. The van der Waals surface area contributed by atoms with Crippen molar-refractivity contribution >= 4 is 34.7 Å². The first-order chi connectivity index (χ1) is 17.0. The first kappa shape index (κ1) is 23.2. The molecule has 0 fully saturated rings. The van der Waals surface area contributed by atoms with Crippen molar-refractivity contribution in [2.45, 2.75) is 38.1 Å². The second-order valence-corrected chi connectivity index (χ2v) is 9.34. The minimum Gasteiger partial charge on any atom is -0.497 e. The summed E-state index contributed by atoms with van der Waals surface area (Å²) >= 11 is 6.10. The molecule has 6 heteroatoms. The number of nitrogens with one attached hydrogen (secondary N) is 1. The van der Waals surface area contributed by atoms with E-state index in [4.69, 9.17) is 16.3 Å². The molecule has 35 heavy (non-hydrogen) atoms. The Morgan fingerprint density at radius 3 is 2.37 bits per heavy atom. The van der Waals surface area contributed by atoms with E-state index in [1.807, 2.05) is 79.7 Å². The molecule has 2 atom stereocenters. The second kappa shape index (κ2) is 9.59. The third kappa shape index (κ3) is 4.32. The Morgan fingerprint density at radius 1 is 1.00 bits per heavy atom. The monoisotopic (exact) mass is 486 g/mol. The smallest absolute Gasteiger partial charge is 0.227 e. The largest absolute Gasteiger partial charge is 0.497 e. The lowest BCUT2D eigenvalue weighted by atomic mass is 9.78. The highest BCUT2D eigenvalue weighted by Crippen LogP contribution is 2.47. The van der Waals surface area contributed by atoms with Gasteiger partial charge in [-0.2, -0.15) is 0 Å². The SMILES string of the molecule is CCC(=O)N1c2ccccc2NC2=C(C(=O)C[C@H](c3ccc(Cl)cc3)C2)[C@@H]1c1ccc(OC)cc1. The molecular formula is C29H27ClN2O3. The Balaban J connectivity index is 1.69. The van der Waals surface area contributed by atoms with Crippen molar-refractivity contribution in [3.8, 4) is 5.75 Å². The van der Waals surface area contributed by atoms with Gasteiger partial charge in [-0.3, -0.25) is 14.5 Å². The normalized spacial score (nSPS) is 19.4. The van der Waals surface area contributed by atoms with Crippen molar-refractivity contribution in [3.05, 3.63) is 100 Å². The Bertz CT molecular complexity index is 1300. The molecule has 0 unspecified atom stereocenters. The fourth-order valence-corrected chi connectivity index (χ4v) is 5.23. The maximum atomic E-state index is 13.9. The van der Waals surface area contributed by atoms with Crippen LogP contribution in [0.15, 0.2) is 84.1 Å². The number of fused-ring (bicyclic) bond motifs is 1. The number of hydrogen-bond donors (Lipinski definition) is 1. The summed E-state index contributed by atoms with van der Waals surface area (Å²) in [6, 6.07) is 22.6. The number of amides is 1. The van der Waals surface area contributed by atoms with Crippen molar-refractivity contribution in [1.82, 2.24) is 0 Å². The van der Waals surface area contributed by atoms with Crippen molar-refractivity contribution in [2.24, 2.45) is 0 Å². The molecule has 1 aliphatic heterocycles. The lowest BCUT2D eigenvalue weighted by molar-refractivity contribution is -0.119. The molecule has 3 aromatic carbocycles. The third-order valence-corrected chi connectivity index (χ3v) is 7.08. The summed E-state index contributed by atoms with van der Waals surface area (Å²) in [5.74, 6) is 0.757. The molecule has 0 aromatic heterocycles. The molecule has 1 heterocycles. The maximum Gasteiger partial charge on any atom is 0.227 e. The van der Waals surface area contributed by atoms with Crippen LogP contribution in [0.4, 0.5) is 11.4 Å². The average molecular weight is 487 g/mol. The molecule has 1 amide bonds. The molecule has 1 aliphatic carbocycles. The van der Waals surface area contributed by atoms with Crippen LogP contribution < -0.4 is 15.0 Å². The molecule has 0 saturated carbocycles. The highest BCUT2D eigenvalue weighted by Gasteiger charge is 2.41. The number of Topliss-reactive ketones (excluding diaryl/α,β-unsaturated/α-hetero) is 1. The summed E-state index contributed by atoms with van der Waals surface area (Å²) in [6.45, 7) is 1.85. The predicted octanol–water partition coefficient (Wildman–Crippen LogP) is 6.66. The molecule has 0 bridgehead atoms. The minimum atomic E-state index is -0.529. The molecule has 3 aromatic rings. The molecule has 178 valence electrons. The van der Waals surface area contributed by atoms with Gasteiger partial charge in [0.15, 0.2) is 5.78 Å². The molecule has 2 aliphatic rings. The Morgan fingerprint density at radius 2 is 1.69 bits per heavy atom. The van der Waals surface area contributed by atoms with Gasteiger partial charge in [0.2, 0.25) is 5.91 Å². The van der Waals surface area contributed by atoms with Crippen LogP contribution in [-0.2, 0) is 9.59 Å². The van der Waals surface area contributed by atoms with Crippen LogP contribution in [-0.4, -0.2) is 18.8 Å². The van der Waals surface area contributed by atoms with Gasteiger partial charge in [-0.1, -0.05) is 54.9 Å². The second-order valence-electron chi connectivity index (χ2n) is 8.91. The van der Waals surface area contributed by atoms with Gasteiger partial charge in [-0.15, -0.1) is 0 Å². The number of carbonyl (C=O) groups is 2. The molecule has 5 nitrogen and oxygen atoms in total. The molecule has 1 N–H and O–H groups in total. The van der Waals surface area contributed by atoms with Crippen LogP contribution in [0.3, 0.4) is 0 Å². The number of anilines is 2. The zero-order valence-electron chi connectivity index (χ0n) is 19.8. The highest BCUT2D eigenvalue weighted by molar-refractivity contribution is 6.30. The number of hydrogen-bond acceptors (Lipinski definition) is 4. The Hall–Kier alpha value is -3.57. The lowest BCUT2D eigenvalue weighted by Crippen LogP contribution is -2.38. The number of carbonyl (C=O) groups excluding carboxylic acids is 2. The van der Waals surface area contributed by atoms with E-state index in [0.717, 1.165) is 33.9 Å². The first-order valence-electron chi connectivity index (χ1n) is 11.8. The van der Waals surface area contributed by atoms with Gasteiger partial charge >= 0.3 is 0 Å². The topological polar surface area (TPSA) is 58.6 Å². The molecule has 0 radical (unpaired) electrons. The van der Waals surface area contributed by atoms with Crippen LogP contribution in [0.5, 0.6) is 5.75 Å². The molecule has 0 spiro atoms. The number of ether oxygens (including phenoxy) is 1. The number of para-hydroxylation sites is 2. The van der Waals surface area contributed by atoms with Crippen molar-refractivity contribution in [2.75, 3.05) is 17.3 Å². The van der Waals surface area contributed by atoms with Gasteiger partial charge in [0, 0.05) is 29.1 Å². The van der Waals surface area contributed by atoms with Crippen LogP contribution in [0.25, 0.3) is 0 Å². The lowest BCUT2D eigenvalue weighted by Gasteiger charge is -2.35. The summed E-state index contributed by atoms with van der Waals surface area (Å²) in [5.41, 5.74) is 5.06. The summed E-state index contributed by atoms with van der Waals surface area (Å²) in [7, 11) is 1.62. The van der Waals surface area contributed by atoms with Crippen LogP contribution in [0, 0.1) is 0 Å². The van der Waals surface area contributed by atoms with E-state index in [2.05, 4.69) is 5.32 Å². The number of nitrogens with zero attached hydrogens (tertiary/aromatic N) is 1. The van der Waals surface area contributed by atoms with Crippen LogP contribution >= 0.6 is 11.6 Å². The van der Waals surface area contributed by atoms with E-state index >= 15 is 0 Å². The van der Waals surface area contributed by atoms with Crippen LogP contribution in [0.1, 0.15) is 49.3 Å². The number of allylic oxidation sites excluding steroid dienone is 1. The first-order valence-corrected chi connectivity index (χ1v) is 12.2. The summed E-state index contributed by atoms with van der Waals surface area (Å²) in [5, 5.41) is 4.22. The van der Waals surface area contributed by atoms with Gasteiger partial charge in [0.1, 0.15) is 5.75 Å². The average Bonchev–Trinajstić information content (AvgIpc) is 3.03. The van der Waals surface area contributed by atoms with Crippen LogP contribution in [0.2, 0.25) is 5.02 Å². The van der Waals surface area contributed by atoms with E-state index in [1.54, 1.807) is 12.0 Å².